The smallest absolute Gasteiger partial charge is 0.143 e. The van der Waals surface area contributed by atoms with E-state index in [-0.39, 0.29) is 0 Å². The van der Waals surface area contributed by atoms with E-state index in [4.69, 9.17) is 4.42 Å². The van der Waals surface area contributed by atoms with Crippen LogP contribution in [0.25, 0.3) is 97.0 Å². The first-order valence-electron chi connectivity index (χ1n) is 20.1. The molecule has 2 heterocycles. The van der Waals surface area contributed by atoms with Gasteiger partial charge in [0.1, 0.15) is 11.2 Å². The predicted octanol–water partition coefficient (Wildman–Crippen LogP) is 16.7. The Balaban J connectivity index is 1.09. The third-order valence-corrected chi connectivity index (χ3v) is 13.1. The van der Waals surface area contributed by atoms with Crippen LogP contribution in [0.4, 0.5) is 17.1 Å². The maximum Gasteiger partial charge on any atom is 0.143 e. The van der Waals surface area contributed by atoms with Crippen LogP contribution in [0.15, 0.2) is 217 Å². The highest BCUT2D eigenvalue weighted by Crippen LogP contribution is 2.49. The Bertz CT molecular complexity index is 3550. The van der Waals surface area contributed by atoms with Gasteiger partial charge in [-0.05, 0) is 86.4 Å². The van der Waals surface area contributed by atoms with Crippen molar-refractivity contribution in [3.05, 3.63) is 212 Å². The van der Waals surface area contributed by atoms with E-state index in [1.807, 2.05) is 17.4 Å². The van der Waals surface area contributed by atoms with E-state index >= 15 is 0 Å². The fourth-order valence-electron chi connectivity index (χ4n) is 9.19. The number of thiophene rings is 1. The van der Waals surface area contributed by atoms with Crippen LogP contribution in [0, 0.1) is 0 Å². The lowest BCUT2D eigenvalue weighted by molar-refractivity contribution is 0.670. The van der Waals surface area contributed by atoms with Crippen LogP contribution in [0.2, 0.25) is 0 Å². The third-order valence-electron chi connectivity index (χ3n) is 11.9. The molecule has 0 saturated carbocycles. The number of fused-ring (bicyclic) bond motifs is 9. The van der Waals surface area contributed by atoms with E-state index in [1.165, 1.54) is 52.8 Å². The SMILES string of the molecule is c1ccc(-c2ccc(-c3ccc(N(c4cccc5c4ccc4ccccc45)c4cccc5sc6c(-c7ccccc7)cccc6c45)cc3)c3c2oc2ccccc23)cc1. The zero-order valence-electron chi connectivity index (χ0n) is 32.0. The average Bonchev–Trinajstić information content (AvgIpc) is 3.89. The molecule has 2 aromatic heterocycles. The van der Waals surface area contributed by atoms with Gasteiger partial charge in [0.25, 0.3) is 0 Å². The molecule has 0 aliphatic heterocycles. The molecule has 0 unspecified atom stereocenters. The van der Waals surface area contributed by atoms with Gasteiger partial charge in [-0.3, -0.25) is 0 Å². The first-order chi connectivity index (χ1) is 29.3. The van der Waals surface area contributed by atoms with Crippen LogP contribution in [0.5, 0.6) is 0 Å². The molecule has 0 atom stereocenters. The highest BCUT2D eigenvalue weighted by molar-refractivity contribution is 7.26. The van der Waals surface area contributed by atoms with Crippen LogP contribution in [-0.2, 0) is 0 Å². The van der Waals surface area contributed by atoms with E-state index in [2.05, 4.69) is 211 Å². The first-order valence-corrected chi connectivity index (χ1v) is 20.9. The zero-order chi connectivity index (χ0) is 38.9. The number of nitrogens with zero attached hydrogens (tertiary/aromatic N) is 1. The van der Waals surface area contributed by atoms with E-state index < -0.39 is 0 Å². The Kier molecular flexibility index (Phi) is 7.75. The number of para-hydroxylation sites is 1. The summed E-state index contributed by atoms with van der Waals surface area (Å²) < 4.78 is 9.21. The molecule has 0 radical (unpaired) electrons. The second-order valence-electron chi connectivity index (χ2n) is 15.2. The quantitative estimate of drug-likeness (QED) is 0.157. The van der Waals surface area contributed by atoms with Crippen molar-refractivity contribution in [1.29, 1.82) is 0 Å². The third kappa shape index (κ3) is 5.40. The van der Waals surface area contributed by atoms with Gasteiger partial charge >= 0.3 is 0 Å². The Morgan fingerprint density at radius 3 is 1.81 bits per heavy atom. The number of hydrogen-bond acceptors (Lipinski definition) is 3. The molecule has 59 heavy (non-hydrogen) atoms. The molecule has 0 aliphatic carbocycles. The highest BCUT2D eigenvalue weighted by Gasteiger charge is 2.23. The van der Waals surface area contributed by atoms with E-state index in [1.54, 1.807) is 0 Å². The summed E-state index contributed by atoms with van der Waals surface area (Å²) in [6.07, 6.45) is 0. The van der Waals surface area contributed by atoms with Crippen LogP contribution in [0.1, 0.15) is 0 Å². The van der Waals surface area contributed by atoms with E-state index in [0.717, 1.165) is 61.3 Å². The van der Waals surface area contributed by atoms with Crippen molar-refractivity contribution >= 4 is 92.1 Å². The molecule has 12 aromatic rings. The minimum atomic E-state index is 0.893. The molecule has 0 amide bonds. The summed E-state index contributed by atoms with van der Waals surface area (Å²) in [6, 6.07) is 76.8. The van der Waals surface area contributed by atoms with Crippen LogP contribution in [-0.4, -0.2) is 0 Å². The number of benzene rings is 10. The van der Waals surface area contributed by atoms with E-state index in [9.17, 15) is 0 Å². The van der Waals surface area contributed by atoms with E-state index in [0.29, 0.717) is 0 Å². The standard InChI is InChI=1S/C56H35NOS/c1-3-14-36(15-4-1)43-35-34-42(53-47-20-9-10-26-51(47)58-55(43)53)39-28-31-40(32-29-39)57(49-24-12-22-45-41-19-8-7-18-38(41)30-33-46(45)49)50-25-13-27-52-54(50)48-23-11-21-44(56(48)59-52)37-16-5-2-6-17-37/h1-35H. The second kappa shape index (κ2) is 13.6. The molecular formula is C56H35NOS. The molecule has 2 nitrogen and oxygen atoms in total. The topological polar surface area (TPSA) is 16.4 Å². The molecule has 276 valence electrons. The fourth-order valence-corrected chi connectivity index (χ4v) is 10.5. The Hall–Kier alpha value is -7.46. The van der Waals surface area contributed by atoms with Crippen molar-refractivity contribution in [3.8, 4) is 33.4 Å². The van der Waals surface area contributed by atoms with Gasteiger partial charge in [-0.25, -0.2) is 0 Å². The number of furan rings is 1. The van der Waals surface area contributed by atoms with Gasteiger partial charge in [0.05, 0.1) is 11.4 Å². The summed E-state index contributed by atoms with van der Waals surface area (Å²) in [6.45, 7) is 0. The summed E-state index contributed by atoms with van der Waals surface area (Å²) >= 11 is 1.88. The van der Waals surface area contributed by atoms with Crippen LogP contribution in [0.3, 0.4) is 0 Å². The minimum absolute atomic E-state index is 0.893. The lowest BCUT2D eigenvalue weighted by Crippen LogP contribution is -2.11. The normalized spacial score (nSPS) is 11.7. The molecule has 12 rings (SSSR count). The molecule has 0 N–H and O–H groups in total. The summed E-state index contributed by atoms with van der Waals surface area (Å²) in [7, 11) is 0. The van der Waals surface area contributed by atoms with Gasteiger partial charge in [0.15, 0.2) is 0 Å². The molecule has 3 heteroatoms. The highest BCUT2D eigenvalue weighted by atomic mass is 32.1. The Morgan fingerprint density at radius 2 is 0.983 bits per heavy atom. The van der Waals surface area contributed by atoms with Crippen molar-refractivity contribution in [1.82, 2.24) is 0 Å². The average molecular weight is 770 g/mol. The lowest BCUT2D eigenvalue weighted by Gasteiger charge is -2.28. The van der Waals surface area contributed by atoms with Gasteiger partial charge in [-0.1, -0.05) is 170 Å². The number of anilines is 3. The Labute approximate surface area is 345 Å². The summed E-state index contributed by atoms with van der Waals surface area (Å²) in [4.78, 5) is 2.48. The van der Waals surface area contributed by atoms with Crippen molar-refractivity contribution in [3.63, 3.8) is 0 Å². The van der Waals surface area contributed by atoms with Gasteiger partial charge in [0, 0.05) is 47.6 Å². The van der Waals surface area contributed by atoms with Crippen molar-refractivity contribution < 1.29 is 4.42 Å². The summed E-state index contributed by atoms with van der Waals surface area (Å²) in [5.74, 6) is 0. The van der Waals surface area contributed by atoms with Crippen molar-refractivity contribution in [2.75, 3.05) is 4.90 Å². The first kappa shape index (κ1) is 33.7. The van der Waals surface area contributed by atoms with Crippen LogP contribution < -0.4 is 4.90 Å². The fraction of sp³-hybridized carbons (Fsp3) is 0. The number of rotatable bonds is 6. The lowest BCUT2D eigenvalue weighted by atomic mass is 9.94. The zero-order valence-corrected chi connectivity index (χ0v) is 32.8. The monoisotopic (exact) mass is 769 g/mol. The van der Waals surface area contributed by atoms with Gasteiger partial charge in [-0.15, -0.1) is 11.3 Å². The Morgan fingerprint density at radius 1 is 0.356 bits per heavy atom. The molecule has 0 saturated heterocycles. The molecule has 0 fully saturated rings. The largest absolute Gasteiger partial charge is 0.455 e. The maximum atomic E-state index is 6.65. The minimum Gasteiger partial charge on any atom is -0.455 e. The molecule has 0 spiro atoms. The van der Waals surface area contributed by atoms with Gasteiger partial charge < -0.3 is 9.32 Å². The maximum absolute atomic E-state index is 6.65. The predicted molar refractivity (Wildman–Crippen MR) is 253 cm³/mol. The molecular weight excluding hydrogens is 735 g/mol. The van der Waals surface area contributed by atoms with Gasteiger partial charge in [0.2, 0.25) is 0 Å². The summed E-state index contributed by atoms with van der Waals surface area (Å²) in [5, 5.41) is 9.72. The van der Waals surface area contributed by atoms with Crippen molar-refractivity contribution in [2.45, 2.75) is 0 Å². The second-order valence-corrected chi connectivity index (χ2v) is 16.2. The molecule has 0 aliphatic rings. The summed E-state index contributed by atoms with van der Waals surface area (Å²) in [5.41, 5.74) is 12.2. The number of hydrogen-bond donors (Lipinski definition) is 0. The molecule has 10 aromatic carbocycles. The van der Waals surface area contributed by atoms with Gasteiger partial charge in [-0.2, -0.15) is 0 Å². The van der Waals surface area contributed by atoms with Crippen LogP contribution >= 0.6 is 11.3 Å². The molecule has 0 bridgehead atoms. The van der Waals surface area contributed by atoms with Crippen molar-refractivity contribution in [2.24, 2.45) is 0 Å².